The Kier molecular flexibility index (Phi) is 4.88. The second-order valence-corrected chi connectivity index (χ2v) is 4.62. The minimum Gasteiger partial charge on any atom is -0.394 e. The van der Waals surface area contributed by atoms with Gasteiger partial charge in [0, 0.05) is 6.07 Å². The highest BCUT2D eigenvalue weighted by Crippen LogP contribution is 2.27. The van der Waals surface area contributed by atoms with Crippen LogP contribution in [0.5, 0.6) is 0 Å². The maximum atomic E-state index is 11.2. The van der Waals surface area contributed by atoms with Crippen molar-refractivity contribution in [3.8, 4) is 12.3 Å². The number of hydrogen-bond acceptors (Lipinski definition) is 5. The molecular weight excluding hydrogens is 276 g/mol. The highest BCUT2D eigenvalue weighted by atomic mass is 16.6. The van der Waals surface area contributed by atoms with Gasteiger partial charge in [0.25, 0.3) is 12.1 Å². The van der Waals surface area contributed by atoms with Gasteiger partial charge in [0.1, 0.15) is 24.4 Å². The van der Waals surface area contributed by atoms with Gasteiger partial charge in [-0.1, -0.05) is 5.92 Å². The summed E-state index contributed by atoms with van der Waals surface area (Å²) >= 11 is 0. The summed E-state index contributed by atoms with van der Waals surface area (Å²) in [5.74, 6) is 1.73. The number of pyridine rings is 1. The van der Waals surface area contributed by atoms with Crippen LogP contribution in [0.1, 0.15) is 16.6 Å². The lowest BCUT2D eigenvalue weighted by atomic mass is 10.1. The molecule has 1 aromatic rings. The molecule has 0 spiro atoms. The fraction of sp³-hybridized carbons (Fsp3) is 0.429. The van der Waals surface area contributed by atoms with Gasteiger partial charge in [-0.3, -0.25) is 4.79 Å². The summed E-state index contributed by atoms with van der Waals surface area (Å²) in [5.41, 5.74) is 5.53. The predicted molar refractivity (Wildman–Crippen MR) is 70.7 cm³/mol. The molecule has 2 rings (SSSR count). The molecule has 0 aromatic carbocycles. The third-order valence-corrected chi connectivity index (χ3v) is 3.25. The van der Waals surface area contributed by atoms with Crippen LogP contribution in [0, 0.1) is 12.3 Å². The Morgan fingerprint density at radius 3 is 3.00 bits per heavy atom. The second kappa shape index (κ2) is 6.65. The topological polar surface area (TPSA) is 106 Å². The highest BCUT2D eigenvalue weighted by molar-refractivity contribution is 5.92. The average Bonchev–Trinajstić information content (AvgIpc) is 2.81. The quantitative estimate of drug-likeness (QED) is 0.445. The first-order chi connectivity index (χ1) is 10.1. The minimum atomic E-state index is -1.03. The van der Waals surface area contributed by atoms with Crippen LogP contribution < -0.4 is 10.3 Å². The number of nitrogens with two attached hydrogens (primary N) is 1. The van der Waals surface area contributed by atoms with Crippen molar-refractivity contribution in [2.24, 2.45) is 5.73 Å². The Morgan fingerprint density at radius 2 is 2.38 bits per heavy atom. The molecule has 7 heteroatoms. The van der Waals surface area contributed by atoms with E-state index >= 15 is 0 Å². The summed E-state index contributed by atoms with van der Waals surface area (Å²) in [7, 11) is 0. The summed E-state index contributed by atoms with van der Waals surface area (Å²) in [6.07, 6.45) is 5.00. The zero-order valence-electron chi connectivity index (χ0n) is 11.3. The Morgan fingerprint density at radius 1 is 1.62 bits per heavy atom. The predicted octanol–water partition coefficient (Wildman–Crippen LogP) is -1.66. The monoisotopic (exact) mass is 293 g/mol. The number of rotatable bonds is 5. The normalized spacial score (nSPS) is 28.2. The molecule has 0 aliphatic carbocycles. The van der Waals surface area contributed by atoms with E-state index < -0.39 is 30.4 Å². The largest absolute Gasteiger partial charge is 0.394 e. The number of hydrogen-bond donors (Lipinski definition) is 3. The molecule has 112 valence electrons. The van der Waals surface area contributed by atoms with E-state index in [-0.39, 0.29) is 13.2 Å². The Balaban J connectivity index is 2.29. The summed E-state index contributed by atoms with van der Waals surface area (Å²) < 4.78 is 12.5. The van der Waals surface area contributed by atoms with Gasteiger partial charge in [-0.25, -0.2) is 0 Å². The zero-order chi connectivity index (χ0) is 15.4. The highest BCUT2D eigenvalue weighted by Gasteiger charge is 2.49. The van der Waals surface area contributed by atoms with Crippen LogP contribution in [0.15, 0.2) is 24.5 Å². The average molecular weight is 293 g/mol. The standard InChI is InChI=1S/C14H16N2O5/c1-2-6-20-12-11(18)10(8-17)21-14(12)16-5-3-4-9(7-16)13(15)19/h1,3-5,7,10-12,14,17-18H,6,8H2,(H-,15,19)/p+1/t10-,11-,12-,14-/m1/s1. The number of carbonyl (C=O) groups excluding carboxylic acids is 1. The van der Waals surface area contributed by atoms with Crippen LogP contribution in [-0.4, -0.2) is 47.6 Å². The smallest absolute Gasteiger partial charge is 0.292 e. The van der Waals surface area contributed by atoms with E-state index in [2.05, 4.69) is 5.92 Å². The lowest BCUT2D eigenvalue weighted by Crippen LogP contribution is -2.47. The van der Waals surface area contributed by atoms with Crippen molar-refractivity contribution < 1.29 is 29.0 Å². The van der Waals surface area contributed by atoms with E-state index in [1.165, 1.54) is 6.20 Å². The second-order valence-electron chi connectivity index (χ2n) is 4.62. The lowest BCUT2D eigenvalue weighted by Gasteiger charge is -2.16. The maximum Gasteiger partial charge on any atom is 0.292 e. The van der Waals surface area contributed by atoms with Crippen LogP contribution in [0.4, 0.5) is 0 Å². The molecule has 4 N–H and O–H groups in total. The molecule has 1 amide bonds. The van der Waals surface area contributed by atoms with Crippen LogP contribution in [0.25, 0.3) is 0 Å². The number of amides is 1. The van der Waals surface area contributed by atoms with E-state index in [1.54, 1.807) is 22.9 Å². The first kappa shape index (κ1) is 15.4. The SMILES string of the molecule is C#CCO[C@@H]1[C@H](O)[C@@H](CO)O[C@H]1[n+]1cccc(C(N)=O)c1. The van der Waals surface area contributed by atoms with E-state index in [0.717, 1.165) is 0 Å². The van der Waals surface area contributed by atoms with Crippen molar-refractivity contribution in [2.75, 3.05) is 13.2 Å². The van der Waals surface area contributed by atoms with Gasteiger partial charge in [-0.15, -0.1) is 6.42 Å². The Hall–Kier alpha value is -1.98. The molecule has 1 aromatic heterocycles. The van der Waals surface area contributed by atoms with Gasteiger partial charge >= 0.3 is 0 Å². The molecule has 4 atom stereocenters. The van der Waals surface area contributed by atoms with Gasteiger partial charge in [0.15, 0.2) is 18.5 Å². The third kappa shape index (κ3) is 3.20. The number of aromatic nitrogens is 1. The van der Waals surface area contributed by atoms with Gasteiger partial charge < -0.3 is 25.4 Å². The Labute approximate surface area is 121 Å². The van der Waals surface area contributed by atoms with Crippen molar-refractivity contribution in [1.29, 1.82) is 0 Å². The van der Waals surface area contributed by atoms with Crippen LogP contribution in [0.2, 0.25) is 0 Å². The third-order valence-electron chi connectivity index (χ3n) is 3.25. The molecule has 0 bridgehead atoms. The summed E-state index contributed by atoms with van der Waals surface area (Å²) in [5, 5.41) is 19.3. The molecule has 21 heavy (non-hydrogen) atoms. The minimum absolute atomic E-state index is 0.00416. The zero-order valence-corrected chi connectivity index (χ0v) is 11.3. The molecule has 7 nitrogen and oxygen atoms in total. The van der Waals surface area contributed by atoms with Crippen molar-refractivity contribution in [3.05, 3.63) is 30.1 Å². The number of carbonyl (C=O) groups is 1. The molecule has 0 saturated carbocycles. The van der Waals surface area contributed by atoms with Crippen molar-refractivity contribution in [1.82, 2.24) is 0 Å². The molecule has 0 unspecified atom stereocenters. The summed E-state index contributed by atoms with van der Waals surface area (Å²) in [4.78, 5) is 11.2. The van der Waals surface area contributed by atoms with Gasteiger partial charge in [0.05, 0.1) is 6.61 Å². The van der Waals surface area contributed by atoms with Crippen molar-refractivity contribution >= 4 is 5.91 Å². The molecule has 1 aliphatic heterocycles. The van der Waals surface area contributed by atoms with Crippen LogP contribution in [-0.2, 0) is 9.47 Å². The summed E-state index contributed by atoms with van der Waals surface area (Å²) in [6, 6.07) is 3.19. The van der Waals surface area contributed by atoms with Crippen LogP contribution in [0.3, 0.4) is 0 Å². The molecule has 1 fully saturated rings. The molecular formula is C14H17N2O5+. The molecule has 1 aliphatic rings. The number of nitrogens with zero attached hydrogens (tertiary/aromatic N) is 1. The number of ether oxygens (including phenoxy) is 2. The fourth-order valence-electron chi connectivity index (χ4n) is 2.23. The van der Waals surface area contributed by atoms with Gasteiger partial charge in [-0.05, 0) is 6.07 Å². The number of aliphatic hydroxyl groups is 2. The lowest BCUT2D eigenvalue weighted by molar-refractivity contribution is -0.766. The molecule has 2 heterocycles. The van der Waals surface area contributed by atoms with Gasteiger partial charge in [-0.2, -0.15) is 4.57 Å². The fourth-order valence-corrected chi connectivity index (χ4v) is 2.23. The first-order valence-electron chi connectivity index (χ1n) is 6.38. The van der Waals surface area contributed by atoms with E-state index in [0.29, 0.717) is 5.56 Å². The first-order valence-corrected chi connectivity index (χ1v) is 6.38. The maximum absolute atomic E-state index is 11.2. The van der Waals surface area contributed by atoms with E-state index in [4.69, 9.17) is 21.6 Å². The van der Waals surface area contributed by atoms with Crippen molar-refractivity contribution in [3.63, 3.8) is 0 Å². The van der Waals surface area contributed by atoms with Gasteiger partial charge in [0.2, 0.25) is 0 Å². The molecule has 1 saturated heterocycles. The number of primary amides is 1. The van der Waals surface area contributed by atoms with E-state index in [1.807, 2.05) is 0 Å². The Bertz CT molecular complexity index is 557. The number of terminal acetylenes is 1. The molecule has 0 radical (unpaired) electrons. The van der Waals surface area contributed by atoms with Crippen molar-refractivity contribution in [2.45, 2.75) is 24.5 Å². The van der Waals surface area contributed by atoms with E-state index in [9.17, 15) is 15.0 Å². The summed E-state index contributed by atoms with van der Waals surface area (Å²) in [6.45, 7) is -0.362. The number of aliphatic hydroxyl groups excluding tert-OH is 2. The van der Waals surface area contributed by atoms with Crippen LogP contribution >= 0.6 is 0 Å².